The molecule has 94 valence electrons. The number of aromatic nitrogens is 1. The van der Waals surface area contributed by atoms with Gasteiger partial charge in [0.25, 0.3) is 5.91 Å². The summed E-state index contributed by atoms with van der Waals surface area (Å²) in [5.41, 5.74) is 1.13. The number of carbonyl (C=O) groups is 1. The van der Waals surface area contributed by atoms with Crippen LogP contribution in [0.25, 0.3) is 0 Å². The van der Waals surface area contributed by atoms with Crippen LogP contribution in [0.4, 0.5) is 0 Å². The Balaban J connectivity index is 1.71. The van der Waals surface area contributed by atoms with Crippen molar-refractivity contribution in [2.24, 2.45) is 0 Å². The molecule has 1 fully saturated rings. The number of morpholine rings is 1. The summed E-state index contributed by atoms with van der Waals surface area (Å²) in [6.45, 7) is 6.66. The third-order valence-electron chi connectivity index (χ3n) is 2.78. The summed E-state index contributed by atoms with van der Waals surface area (Å²) in [4.78, 5) is 14.0. The molecule has 1 aliphatic heterocycles. The van der Waals surface area contributed by atoms with Crippen LogP contribution in [0.2, 0.25) is 0 Å². The molecular formula is C11H17N3O3. The van der Waals surface area contributed by atoms with E-state index in [9.17, 15) is 4.79 Å². The summed E-state index contributed by atoms with van der Waals surface area (Å²) in [5.74, 6) is -0.176. The van der Waals surface area contributed by atoms with Crippen LogP contribution in [0.3, 0.4) is 0 Å². The van der Waals surface area contributed by atoms with E-state index in [4.69, 9.17) is 9.26 Å². The van der Waals surface area contributed by atoms with Gasteiger partial charge in [0.1, 0.15) is 6.26 Å². The summed E-state index contributed by atoms with van der Waals surface area (Å²) < 4.78 is 9.98. The zero-order valence-electron chi connectivity index (χ0n) is 9.94. The molecule has 1 saturated heterocycles. The molecule has 0 aliphatic carbocycles. The molecule has 1 aromatic heterocycles. The highest BCUT2D eigenvalue weighted by Gasteiger charge is 2.14. The number of nitrogens with one attached hydrogen (secondary N) is 1. The van der Waals surface area contributed by atoms with E-state index in [0.717, 1.165) is 38.4 Å². The predicted octanol–water partition coefficient (Wildman–Crippen LogP) is 0.0450. The van der Waals surface area contributed by atoms with E-state index in [1.165, 1.54) is 6.26 Å². The van der Waals surface area contributed by atoms with E-state index >= 15 is 0 Å². The third kappa shape index (κ3) is 3.28. The molecule has 0 radical (unpaired) electrons. The molecule has 2 heterocycles. The van der Waals surface area contributed by atoms with Crippen molar-refractivity contribution in [3.05, 3.63) is 17.5 Å². The van der Waals surface area contributed by atoms with Gasteiger partial charge < -0.3 is 14.6 Å². The SMILES string of the molecule is Cc1conc1C(=O)NCCN1CCOCC1. The van der Waals surface area contributed by atoms with Crippen molar-refractivity contribution in [3.63, 3.8) is 0 Å². The molecule has 0 saturated carbocycles. The third-order valence-corrected chi connectivity index (χ3v) is 2.78. The van der Waals surface area contributed by atoms with Crippen molar-refractivity contribution in [2.75, 3.05) is 39.4 Å². The lowest BCUT2D eigenvalue weighted by Crippen LogP contribution is -2.41. The molecule has 1 N–H and O–H groups in total. The maximum atomic E-state index is 11.7. The highest BCUT2D eigenvalue weighted by atomic mass is 16.5. The monoisotopic (exact) mass is 239 g/mol. The van der Waals surface area contributed by atoms with Crippen molar-refractivity contribution >= 4 is 5.91 Å². The number of aryl methyl sites for hydroxylation is 1. The number of rotatable bonds is 4. The Labute approximate surface area is 99.9 Å². The first-order chi connectivity index (χ1) is 8.27. The van der Waals surface area contributed by atoms with Gasteiger partial charge in [0.2, 0.25) is 0 Å². The van der Waals surface area contributed by atoms with Gasteiger partial charge in [-0.15, -0.1) is 0 Å². The molecule has 6 heteroatoms. The fourth-order valence-corrected chi connectivity index (χ4v) is 1.74. The van der Waals surface area contributed by atoms with Crippen LogP contribution in [0, 0.1) is 6.92 Å². The lowest BCUT2D eigenvalue weighted by molar-refractivity contribution is 0.0383. The first kappa shape index (κ1) is 12.1. The van der Waals surface area contributed by atoms with Gasteiger partial charge in [-0.3, -0.25) is 9.69 Å². The average molecular weight is 239 g/mol. The summed E-state index contributed by atoms with van der Waals surface area (Å²) in [6, 6.07) is 0. The van der Waals surface area contributed by atoms with Gasteiger partial charge in [0, 0.05) is 31.7 Å². The largest absolute Gasteiger partial charge is 0.379 e. The average Bonchev–Trinajstić information content (AvgIpc) is 2.77. The highest BCUT2D eigenvalue weighted by Crippen LogP contribution is 2.03. The first-order valence-electron chi connectivity index (χ1n) is 5.76. The van der Waals surface area contributed by atoms with Crippen LogP contribution in [-0.4, -0.2) is 55.4 Å². The second kappa shape index (κ2) is 5.79. The van der Waals surface area contributed by atoms with Crippen LogP contribution in [0.15, 0.2) is 10.8 Å². The number of nitrogens with zero attached hydrogens (tertiary/aromatic N) is 2. The van der Waals surface area contributed by atoms with Gasteiger partial charge in [0.15, 0.2) is 5.69 Å². The van der Waals surface area contributed by atoms with Crippen molar-refractivity contribution in [1.82, 2.24) is 15.4 Å². The van der Waals surface area contributed by atoms with Gasteiger partial charge in [-0.25, -0.2) is 0 Å². The molecule has 1 aromatic rings. The maximum Gasteiger partial charge on any atom is 0.273 e. The number of ether oxygens (including phenoxy) is 1. The Morgan fingerprint density at radius 1 is 1.53 bits per heavy atom. The van der Waals surface area contributed by atoms with Crippen molar-refractivity contribution in [3.8, 4) is 0 Å². The Morgan fingerprint density at radius 2 is 2.29 bits per heavy atom. The van der Waals surface area contributed by atoms with E-state index in [-0.39, 0.29) is 5.91 Å². The van der Waals surface area contributed by atoms with Crippen LogP contribution in [0.5, 0.6) is 0 Å². The normalized spacial score (nSPS) is 17.0. The number of amides is 1. The number of hydrogen-bond acceptors (Lipinski definition) is 5. The zero-order valence-corrected chi connectivity index (χ0v) is 9.94. The molecule has 6 nitrogen and oxygen atoms in total. The Kier molecular flexibility index (Phi) is 4.11. The molecule has 0 unspecified atom stereocenters. The second-order valence-electron chi connectivity index (χ2n) is 4.06. The lowest BCUT2D eigenvalue weighted by Gasteiger charge is -2.26. The van der Waals surface area contributed by atoms with E-state index in [2.05, 4.69) is 15.4 Å². The molecule has 2 rings (SSSR count). The Morgan fingerprint density at radius 3 is 2.94 bits per heavy atom. The summed E-state index contributed by atoms with van der Waals surface area (Å²) >= 11 is 0. The molecule has 17 heavy (non-hydrogen) atoms. The van der Waals surface area contributed by atoms with E-state index in [1.54, 1.807) is 6.92 Å². The molecule has 0 spiro atoms. The van der Waals surface area contributed by atoms with Crippen molar-refractivity contribution in [1.29, 1.82) is 0 Å². The fraction of sp³-hybridized carbons (Fsp3) is 0.636. The van der Waals surface area contributed by atoms with Crippen molar-refractivity contribution in [2.45, 2.75) is 6.92 Å². The maximum absolute atomic E-state index is 11.7. The minimum atomic E-state index is -0.176. The standard InChI is InChI=1S/C11H17N3O3/c1-9-8-17-13-10(9)11(15)12-2-3-14-4-6-16-7-5-14/h8H,2-7H2,1H3,(H,12,15). The summed E-state index contributed by atoms with van der Waals surface area (Å²) in [7, 11) is 0. The molecule has 1 aliphatic rings. The molecular weight excluding hydrogens is 222 g/mol. The topological polar surface area (TPSA) is 67.6 Å². The van der Waals surface area contributed by atoms with Gasteiger partial charge in [-0.2, -0.15) is 0 Å². The predicted molar refractivity (Wildman–Crippen MR) is 60.8 cm³/mol. The van der Waals surface area contributed by atoms with E-state index in [0.29, 0.717) is 12.2 Å². The van der Waals surface area contributed by atoms with Crippen LogP contribution in [0.1, 0.15) is 16.1 Å². The van der Waals surface area contributed by atoms with E-state index < -0.39 is 0 Å². The molecule has 0 atom stereocenters. The first-order valence-corrected chi connectivity index (χ1v) is 5.76. The zero-order chi connectivity index (χ0) is 12.1. The highest BCUT2D eigenvalue weighted by molar-refractivity contribution is 5.93. The minimum absolute atomic E-state index is 0.176. The van der Waals surface area contributed by atoms with Crippen LogP contribution >= 0.6 is 0 Å². The Bertz CT molecular complexity index is 372. The smallest absolute Gasteiger partial charge is 0.273 e. The molecule has 1 amide bonds. The fourth-order valence-electron chi connectivity index (χ4n) is 1.74. The van der Waals surface area contributed by atoms with Gasteiger partial charge in [0.05, 0.1) is 13.2 Å². The van der Waals surface area contributed by atoms with Crippen LogP contribution in [-0.2, 0) is 4.74 Å². The van der Waals surface area contributed by atoms with Gasteiger partial charge >= 0.3 is 0 Å². The molecule has 0 bridgehead atoms. The summed E-state index contributed by atoms with van der Waals surface area (Å²) in [6.07, 6.45) is 1.47. The second-order valence-corrected chi connectivity index (χ2v) is 4.06. The molecule has 0 aromatic carbocycles. The Hall–Kier alpha value is -1.40. The quantitative estimate of drug-likeness (QED) is 0.803. The van der Waals surface area contributed by atoms with Gasteiger partial charge in [-0.05, 0) is 6.92 Å². The minimum Gasteiger partial charge on any atom is -0.379 e. The summed E-state index contributed by atoms with van der Waals surface area (Å²) in [5, 5.41) is 6.49. The number of carbonyl (C=O) groups excluding carboxylic acids is 1. The number of hydrogen-bond donors (Lipinski definition) is 1. The van der Waals surface area contributed by atoms with Gasteiger partial charge in [-0.1, -0.05) is 5.16 Å². The van der Waals surface area contributed by atoms with Crippen molar-refractivity contribution < 1.29 is 14.1 Å². The van der Waals surface area contributed by atoms with E-state index in [1.807, 2.05) is 0 Å². The van der Waals surface area contributed by atoms with Crippen LogP contribution < -0.4 is 5.32 Å². The lowest BCUT2D eigenvalue weighted by atomic mass is 10.2.